The molecule has 9 heteroatoms. The molecular formula is C42H38NO6PS. The number of esters is 2. The molecule has 0 spiro atoms. The van der Waals surface area contributed by atoms with Crippen LogP contribution in [0.2, 0.25) is 0 Å². The van der Waals surface area contributed by atoms with Crippen molar-refractivity contribution in [1.29, 1.82) is 0 Å². The van der Waals surface area contributed by atoms with Crippen LogP contribution in [-0.4, -0.2) is 45.4 Å². The van der Waals surface area contributed by atoms with Crippen molar-refractivity contribution in [1.82, 2.24) is 4.90 Å². The van der Waals surface area contributed by atoms with Crippen LogP contribution in [0.3, 0.4) is 0 Å². The Hall–Kier alpha value is -5.17. The van der Waals surface area contributed by atoms with Crippen LogP contribution in [-0.2, 0) is 35.3 Å². The van der Waals surface area contributed by atoms with Gasteiger partial charge in [0, 0.05) is 25.1 Å². The van der Waals surface area contributed by atoms with E-state index in [1.54, 1.807) is 6.92 Å². The lowest BCUT2D eigenvalue weighted by Gasteiger charge is -2.51. The fraction of sp³-hybridized carbons (Fsp3) is 0.167. The second-order valence-electron chi connectivity index (χ2n) is 12.2. The van der Waals surface area contributed by atoms with Crippen LogP contribution in [0.15, 0.2) is 157 Å². The predicted molar refractivity (Wildman–Crippen MR) is 204 cm³/mol. The summed E-state index contributed by atoms with van der Waals surface area (Å²) in [5.74, 6) is -2.48. The number of amides is 1. The summed E-state index contributed by atoms with van der Waals surface area (Å²) in [6.45, 7) is -0.286. The van der Waals surface area contributed by atoms with Gasteiger partial charge in [0.25, 0.3) is 0 Å². The summed E-state index contributed by atoms with van der Waals surface area (Å²) in [6, 6.07) is 47.0. The molecule has 0 aromatic heterocycles. The lowest BCUT2D eigenvalue weighted by molar-refractivity contribution is -0.167. The van der Waals surface area contributed by atoms with Crippen LogP contribution in [0.5, 0.6) is 0 Å². The van der Waals surface area contributed by atoms with Crippen LogP contribution in [0, 0.1) is 5.92 Å². The molecule has 5 aromatic carbocycles. The monoisotopic (exact) mass is 715 g/mol. The molecule has 1 amide bonds. The molecule has 0 radical (unpaired) electrons. The molecule has 51 heavy (non-hydrogen) atoms. The van der Waals surface area contributed by atoms with E-state index in [1.807, 2.05) is 152 Å². The summed E-state index contributed by atoms with van der Waals surface area (Å²) >= 11 is 1.08. The zero-order chi connectivity index (χ0) is 35.8. The highest BCUT2D eigenvalue weighted by Crippen LogP contribution is 2.50. The van der Waals surface area contributed by atoms with Crippen molar-refractivity contribution in [2.75, 3.05) is 0 Å². The quantitative estimate of drug-likeness (QED) is 0.0645. The van der Waals surface area contributed by atoms with E-state index >= 15 is 4.79 Å². The summed E-state index contributed by atoms with van der Waals surface area (Å²) in [6.07, 6.45) is -0.930. The summed E-state index contributed by atoms with van der Waals surface area (Å²) in [5, 5.41) is 2.31. The number of carbonyl (C=O) groups is 4. The Bertz CT molecular complexity index is 1940. The Morgan fingerprint density at radius 2 is 1.16 bits per heavy atom. The van der Waals surface area contributed by atoms with E-state index in [-0.39, 0.29) is 23.6 Å². The van der Waals surface area contributed by atoms with E-state index in [0.29, 0.717) is 0 Å². The molecule has 6 rings (SSSR count). The number of ether oxygens (including phenoxy) is 2. The fourth-order valence-electron chi connectivity index (χ4n) is 6.68. The van der Waals surface area contributed by atoms with Crippen molar-refractivity contribution >= 4 is 62.9 Å². The highest BCUT2D eigenvalue weighted by atomic mass is 32.2. The number of rotatable bonds is 12. The van der Waals surface area contributed by atoms with Gasteiger partial charge in [-0.3, -0.25) is 14.4 Å². The Morgan fingerprint density at radius 3 is 1.63 bits per heavy atom. The summed E-state index contributed by atoms with van der Waals surface area (Å²) in [5.41, 5.74) is 0.955. The van der Waals surface area contributed by atoms with Gasteiger partial charge in [-0.1, -0.05) is 151 Å². The smallest absolute Gasteiger partial charge is 0.356 e. The van der Waals surface area contributed by atoms with E-state index in [2.05, 4.69) is 0 Å². The largest absolute Gasteiger partial charge is 0.462 e. The van der Waals surface area contributed by atoms with Gasteiger partial charge in [-0.25, -0.2) is 4.79 Å². The van der Waals surface area contributed by atoms with Gasteiger partial charge >= 0.3 is 11.9 Å². The minimum Gasteiger partial charge on any atom is -0.462 e. The maximum absolute atomic E-state index is 15.0. The summed E-state index contributed by atoms with van der Waals surface area (Å²) in [4.78, 5) is 58.0. The maximum Gasteiger partial charge on any atom is 0.356 e. The van der Waals surface area contributed by atoms with Crippen molar-refractivity contribution in [2.45, 2.75) is 43.9 Å². The van der Waals surface area contributed by atoms with Crippen LogP contribution in [0.1, 0.15) is 25.8 Å². The maximum atomic E-state index is 15.0. The van der Waals surface area contributed by atoms with Crippen LogP contribution in [0.25, 0.3) is 0 Å². The zero-order valence-corrected chi connectivity index (χ0v) is 30.0. The molecule has 1 heterocycles. The van der Waals surface area contributed by atoms with Gasteiger partial charge in [-0.05, 0) is 40.5 Å². The lowest BCUT2D eigenvalue weighted by Crippen LogP contribution is -2.68. The van der Waals surface area contributed by atoms with Gasteiger partial charge in [-0.2, -0.15) is 0 Å². The average molecular weight is 716 g/mol. The molecule has 1 aliphatic heterocycles. The highest BCUT2D eigenvalue weighted by molar-refractivity contribution is 8.13. The summed E-state index contributed by atoms with van der Waals surface area (Å²) in [7, 11) is 0. The Balaban J connectivity index is 1.62. The molecule has 7 nitrogen and oxygen atoms in total. The molecule has 1 fully saturated rings. The van der Waals surface area contributed by atoms with Crippen molar-refractivity contribution in [3.8, 4) is 0 Å². The lowest BCUT2D eigenvalue weighted by atomic mass is 9.81. The van der Waals surface area contributed by atoms with E-state index < -0.39 is 42.8 Å². The number of carbonyl (C=O) groups excluding carboxylic acids is 4. The number of hydrogen-bond acceptors (Lipinski definition) is 7. The number of likely N-dealkylation sites (tertiary alicyclic amines) is 1. The molecule has 0 saturated carbocycles. The number of hydrogen-bond donors (Lipinski definition) is 0. The van der Waals surface area contributed by atoms with E-state index in [1.165, 1.54) is 11.8 Å². The molecule has 258 valence electrons. The van der Waals surface area contributed by atoms with Gasteiger partial charge in [0.2, 0.25) is 5.91 Å². The van der Waals surface area contributed by atoms with Gasteiger partial charge in [-0.15, -0.1) is 0 Å². The standard InChI is InChI=1S/C42H38NO6PS/c1-30(49-31(2)44)39-37(28-38(45)51-36-26-16-7-17-27-36)43(40(39)46)41(42(47)48-29-32-18-8-3-9-19-32)50(33-20-10-4-11-21-33,34-22-12-5-13-23-34)35-24-14-6-15-25-35/h3-27,30,37,39H,28-29H2,1-2H3/t30?,37-,39+/m0/s1. The number of benzene rings is 5. The Kier molecular flexibility index (Phi) is 11.3. The zero-order valence-electron chi connectivity index (χ0n) is 28.3. The third-order valence-corrected chi connectivity index (χ3v) is 14.0. The molecule has 0 bridgehead atoms. The molecule has 3 atom stereocenters. The minimum absolute atomic E-state index is 0.0235. The van der Waals surface area contributed by atoms with Crippen molar-refractivity contribution in [3.05, 3.63) is 157 Å². The number of nitrogens with zero attached hydrogens (tertiary/aromatic N) is 1. The molecule has 0 aliphatic carbocycles. The third-order valence-electron chi connectivity index (χ3n) is 8.85. The molecule has 1 saturated heterocycles. The fourth-order valence-corrected chi connectivity index (χ4v) is 11.9. The van der Waals surface area contributed by atoms with Crippen molar-refractivity contribution in [2.24, 2.45) is 5.92 Å². The second kappa shape index (κ2) is 16.2. The SMILES string of the molecule is CC(=O)OC(C)[C@H]1C(=O)N(C(C(=O)OCc2ccccc2)=P(c2ccccc2)(c2ccccc2)c2ccccc2)[C@H]1CC(=O)Sc1ccccc1. The molecule has 5 aromatic rings. The molecular weight excluding hydrogens is 678 g/mol. The first kappa shape index (κ1) is 35.6. The minimum atomic E-state index is -3.21. The van der Waals surface area contributed by atoms with Crippen molar-refractivity contribution < 1.29 is 28.7 Å². The van der Waals surface area contributed by atoms with E-state index in [9.17, 15) is 14.4 Å². The second-order valence-corrected chi connectivity index (χ2v) is 16.6. The van der Waals surface area contributed by atoms with E-state index in [0.717, 1.165) is 38.1 Å². The molecule has 1 aliphatic rings. The van der Waals surface area contributed by atoms with Crippen LogP contribution in [0.4, 0.5) is 0 Å². The van der Waals surface area contributed by atoms with E-state index in [4.69, 9.17) is 9.47 Å². The first-order chi connectivity index (χ1) is 24.8. The number of β-lactam (4-membered cyclic amide) rings is 1. The molecule has 1 unspecified atom stereocenters. The Labute approximate surface area is 302 Å². The number of thioether (sulfide) groups is 1. The first-order valence-corrected chi connectivity index (χ1v) is 19.3. The van der Waals surface area contributed by atoms with Crippen molar-refractivity contribution in [3.63, 3.8) is 0 Å². The predicted octanol–water partition coefficient (Wildman–Crippen LogP) is 6.34. The average Bonchev–Trinajstić information content (AvgIpc) is 3.15. The first-order valence-electron chi connectivity index (χ1n) is 16.7. The van der Waals surface area contributed by atoms with Gasteiger partial charge < -0.3 is 14.4 Å². The highest BCUT2D eigenvalue weighted by Gasteiger charge is 2.56. The van der Waals surface area contributed by atoms with Crippen LogP contribution < -0.4 is 15.9 Å². The van der Waals surface area contributed by atoms with Gasteiger partial charge in [0.05, 0.1) is 12.0 Å². The van der Waals surface area contributed by atoms with Gasteiger partial charge in [0.1, 0.15) is 18.1 Å². The Morgan fingerprint density at radius 1 is 0.706 bits per heavy atom. The van der Waals surface area contributed by atoms with Gasteiger partial charge in [0.15, 0.2) is 5.12 Å². The summed E-state index contributed by atoms with van der Waals surface area (Å²) < 4.78 is 11.7. The topological polar surface area (TPSA) is 90.0 Å². The molecule has 0 N–H and O–H groups in total. The third kappa shape index (κ3) is 7.63. The normalized spacial score (nSPS) is 16.0. The van der Waals surface area contributed by atoms with Crippen LogP contribution >= 0.6 is 18.6 Å².